The third kappa shape index (κ3) is 4.69. The summed E-state index contributed by atoms with van der Waals surface area (Å²) in [7, 11) is 1.62. The Labute approximate surface area is 168 Å². The lowest BCUT2D eigenvalue weighted by atomic mass is 10.2. The van der Waals surface area contributed by atoms with Crippen molar-refractivity contribution < 1.29 is 9.53 Å². The predicted molar refractivity (Wildman–Crippen MR) is 110 cm³/mol. The van der Waals surface area contributed by atoms with Gasteiger partial charge in [0.25, 0.3) is 0 Å². The normalized spacial score (nSPS) is 10.9. The molecule has 0 aliphatic heterocycles. The van der Waals surface area contributed by atoms with Gasteiger partial charge in [0.1, 0.15) is 11.4 Å². The number of carbonyl (C=O) groups is 1. The largest absolute Gasteiger partial charge is 0.495 e. The molecule has 0 saturated heterocycles. The highest BCUT2D eigenvalue weighted by molar-refractivity contribution is 7.99. The predicted octanol–water partition coefficient (Wildman–Crippen LogP) is 3.20. The maximum atomic E-state index is 12.1. The number of methoxy groups -OCH3 is 1. The van der Waals surface area contributed by atoms with Crippen LogP contribution in [0.15, 0.2) is 53.8 Å². The van der Waals surface area contributed by atoms with Gasteiger partial charge >= 0.3 is 0 Å². The average molecular weight is 398 g/mol. The third-order valence-electron chi connectivity index (χ3n) is 3.89. The Bertz CT molecular complexity index is 927. The Kier molecular flexibility index (Phi) is 6.65. The van der Waals surface area contributed by atoms with Crippen molar-refractivity contribution in [1.29, 1.82) is 0 Å². The fourth-order valence-electron chi connectivity index (χ4n) is 2.56. The van der Waals surface area contributed by atoms with Crippen molar-refractivity contribution in [3.63, 3.8) is 0 Å². The van der Waals surface area contributed by atoms with E-state index in [1.807, 2.05) is 47.0 Å². The van der Waals surface area contributed by atoms with Gasteiger partial charge in [-0.1, -0.05) is 43.8 Å². The fourth-order valence-corrected chi connectivity index (χ4v) is 3.33. The number of hydrogen-bond donors (Lipinski definition) is 1. The summed E-state index contributed by atoms with van der Waals surface area (Å²) in [5.74, 6) is 1.90. The molecule has 0 spiro atoms. The van der Waals surface area contributed by atoms with Gasteiger partial charge in [0.2, 0.25) is 5.91 Å². The van der Waals surface area contributed by atoms with E-state index in [1.54, 1.807) is 13.3 Å². The summed E-state index contributed by atoms with van der Waals surface area (Å²) in [6.07, 6.45) is 1.71. The van der Waals surface area contributed by atoms with Crippen LogP contribution in [0.3, 0.4) is 0 Å². The number of pyridine rings is 1. The van der Waals surface area contributed by atoms with Crippen LogP contribution in [0.2, 0.25) is 0 Å². The molecule has 0 atom stereocenters. The van der Waals surface area contributed by atoms with Gasteiger partial charge in [-0.15, -0.1) is 10.2 Å². The summed E-state index contributed by atoms with van der Waals surface area (Å²) in [6, 6.07) is 13.2. The van der Waals surface area contributed by atoms with E-state index in [2.05, 4.69) is 34.3 Å². The van der Waals surface area contributed by atoms with Crippen molar-refractivity contribution >= 4 is 17.7 Å². The van der Waals surface area contributed by atoms with Crippen LogP contribution < -0.4 is 10.1 Å². The van der Waals surface area contributed by atoms with E-state index in [0.717, 1.165) is 5.69 Å². The number of thioether (sulfide) groups is 1. The number of ether oxygens (including phenoxy) is 1. The second kappa shape index (κ2) is 9.36. The Morgan fingerprint density at radius 3 is 2.68 bits per heavy atom. The Morgan fingerprint density at radius 2 is 1.96 bits per heavy atom. The minimum atomic E-state index is -0.0346. The fraction of sp³-hybridized carbons (Fsp3) is 0.300. The number of amides is 1. The van der Waals surface area contributed by atoms with Crippen molar-refractivity contribution in [3.8, 4) is 23.0 Å². The van der Waals surface area contributed by atoms with Gasteiger partial charge < -0.3 is 10.1 Å². The van der Waals surface area contributed by atoms with Crippen LogP contribution in [0.4, 0.5) is 0 Å². The van der Waals surface area contributed by atoms with Crippen molar-refractivity contribution in [1.82, 2.24) is 25.1 Å². The van der Waals surface area contributed by atoms with E-state index in [0.29, 0.717) is 34.9 Å². The number of rotatable bonds is 8. The van der Waals surface area contributed by atoms with E-state index in [1.165, 1.54) is 11.8 Å². The highest BCUT2D eigenvalue weighted by Crippen LogP contribution is 2.31. The molecule has 8 heteroatoms. The van der Waals surface area contributed by atoms with Crippen molar-refractivity contribution in [3.05, 3.63) is 48.7 Å². The van der Waals surface area contributed by atoms with Gasteiger partial charge in [-0.3, -0.25) is 14.3 Å². The van der Waals surface area contributed by atoms with Crippen molar-refractivity contribution in [2.75, 3.05) is 19.4 Å². The molecule has 0 saturated carbocycles. The van der Waals surface area contributed by atoms with Crippen LogP contribution in [0.1, 0.15) is 13.8 Å². The zero-order valence-corrected chi connectivity index (χ0v) is 16.9. The Hall–Kier alpha value is -2.87. The van der Waals surface area contributed by atoms with Gasteiger partial charge in [0.05, 0.1) is 18.6 Å². The molecule has 1 N–H and O–H groups in total. The van der Waals surface area contributed by atoms with E-state index < -0.39 is 0 Å². The van der Waals surface area contributed by atoms with Crippen LogP contribution >= 0.6 is 11.8 Å². The molecule has 1 amide bonds. The summed E-state index contributed by atoms with van der Waals surface area (Å²) in [6.45, 7) is 4.77. The summed E-state index contributed by atoms with van der Waals surface area (Å²) in [5, 5.41) is 12.2. The van der Waals surface area contributed by atoms with E-state index in [4.69, 9.17) is 4.74 Å². The van der Waals surface area contributed by atoms with E-state index >= 15 is 0 Å². The zero-order chi connectivity index (χ0) is 19.9. The molecule has 2 heterocycles. The minimum absolute atomic E-state index is 0.0346. The summed E-state index contributed by atoms with van der Waals surface area (Å²) >= 11 is 1.33. The number of aromatic nitrogens is 4. The molecule has 0 aliphatic rings. The first-order valence-electron chi connectivity index (χ1n) is 9.00. The van der Waals surface area contributed by atoms with Gasteiger partial charge in [-0.25, -0.2) is 0 Å². The number of benzene rings is 1. The second-order valence-corrected chi connectivity index (χ2v) is 7.46. The number of para-hydroxylation sites is 2. The Balaban J connectivity index is 1.95. The lowest BCUT2D eigenvalue weighted by Crippen LogP contribution is -2.28. The molecular weight excluding hydrogens is 374 g/mol. The summed E-state index contributed by atoms with van der Waals surface area (Å²) < 4.78 is 7.40. The first-order chi connectivity index (χ1) is 13.6. The molecule has 146 valence electrons. The molecule has 3 rings (SSSR count). The zero-order valence-electron chi connectivity index (χ0n) is 16.1. The molecule has 0 aliphatic carbocycles. The van der Waals surface area contributed by atoms with Crippen LogP contribution in [0.5, 0.6) is 5.75 Å². The van der Waals surface area contributed by atoms with Crippen LogP contribution in [-0.2, 0) is 4.79 Å². The molecule has 0 unspecified atom stereocenters. The molecule has 28 heavy (non-hydrogen) atoms. The van der Waals surface area contributed by atoms with Crippen molar-refractivity contribution in [2.45, 2.75) is 19.0 Å². The first kappa shape index (κ1) is 19.9. The quantitative estimate of drug-likeness (QED) is 0.588. The van der Waals surface area contributed by atoms with Gasteiger partial charge in [0.15, 0.2) is 11.0 Å². The second-order valence-electron chi connectivity index (χ2n) is 6.52. The third-order valence-corrected chi connectivity index (χ3v) is 4.82. The maximum absolute atomic E-state index is 12.1. The first-order valence-corrected chi connectivity index (χ1v) is 9.98. The van der Waals surface area contributed by atoms with Gasteiger partial charge in [-0.05, 0) is 30.2 Å². The highest BCUT2D eigenvalue weighted by atomic mass is 32.2. The van der Waals surface area contributed by atoms with Crippen LogP contribution in [-0.4, -0.2) is 45.1 Å². The lowest BCUT2D eigenvalue weighted by Gasteiger charge is -2.13. The molecular formula is C20H23N5O2S. The van der Waals surface area contributed by atoms with Crippen LogP contribution in [0.25, 0.3) is 17.2 Å². The molecule has 3 aromatic rings. The van der Waals surface area contributed by atoms with Gasteiger partial charge in [-0.2, -0.15) is 0 Å². The summed E-state index contributed by atoms with van der Waals surface area (Å²) in [4.78, 5) is 16.5. The molecule has 2 aromatic heterocycles. The number of nitrogens with zero attached hydrogens (tertiary/aromatic N) is 4. The minimum Gasteiger partial charge on any atom is -0.495 e. The molecule has 1 aromatic carbocycles. The number of hydrogen-bond acceptors (Lipinski definition) is 6. The van der Waals surface area contributed by atoms with Crippen molar-refractivity contribution in [2.24, 2.45) is 5.92 Å². The number of nitrogens with one attached hydrogen (secondary N) is 1. The highest BCUT2D eigenvalue weighted by Gasteiger charge is 2.20. The van der Waals surface area contributed by atoms with Crippen LogP contribution in [0, 0.1) is 5.92 Å². The lowest BCUT2D eigenvalue weighted by molar-refractivity contribution is -0.118. The Morgan fingerprint density at radius 1 is 1.18 bits per heavy atom. The standard InChI is InChI=1S/C20H23N5O2S/c1-14(2)12-22-18(26)13-28-20-24-23-19(15-8-6-7-11-21-15)25(20)16-9-4-5-10-17(16)27-3/h4-11,14H,12-13H2,1-3H3,(H,22,26). The molecule has 0 fully saturated rings. The van der Waals surface area contributed by atoms with E-state index in [-0.39, 0.29) is 11.7 Å². The SMILES string of the molecule is COc1ccccc1-n1c(SCC(=O)NCC(C)C)nnc1-c1ccccn1. The molecule has 0 bridgehead atoms. The van der Waals surface area contributed by atoms with Gasteiger partial charge in [0, 0.05) is 12.7 Å². The molecule has 0 radical (unpaired) electrons. The maximum Gasteiger partial charge on any atom is 0.230 e. The average Bonchev–Trinajstić information content (AvgIpc) is 3.15. The molecule has 7 nitrogen and oxygen atoms in total. The smallest absolute Gasteiger partial charge is 0.230 e. The van der Waals surface area contributed by atoms with E-state index in [9.17, 15) is 4.79 Å². The number of carbonyl (C=O) groups excluding carboxylic acids is 1. The summed E-state index contributed by atoms with van der Waals surface area (Å²) in [5.41, 5.74) is 1.48. The topological polar surface area (TPSA) is 81.9 Å². The monoisotopic (exact) mass is 397 g/mol.